The molecule has 0 spiro atoms. The Morgan fingerprint density at radius 3 is 2.59 bits per heavy atom. The molecular formula is C18H14ClN3O5. The maximum absolute atomic E-state index is 12.7. The van der Waals surface area contributed by atoms with E-state index in [2.05, 4.69) is 5.32 Å². The number of carbonyl (C=O) groups is 2. The highest BCUT2D eigenvalue weighted by Gasteiger charge is 2.39. The first-order chi connectivity index (χ1) is 12.9. The van der Waals surface area contributed by atoms with E-state index in [9.17, 15) is 19.7 Å². The molecule has 0 aromatic heterocycles. The normalized spacial score (nSPS) is 13.9. The molecule has 27 heavy (non-hydrogen) atoms. The van der Waals surface area contributed by atoms with Crippen molar-refractivity contribution >= 4 is 40.5 Å². The van der Waals surface area contributed by atoms with Crippen LogP contribution in [0.1, 0.15) is 6.92 Å². The summed E-state index contributed by atoms with van der Waals surface area (Å²) >= 11 is 6.06. The van der Waals surface area contributed by atoms with Crippen LogP contribution in [0.15, 0.2) is 59.3 Å². The van der Waals surface area contributed by atoms with E-state index in [0.717, 1.165) is 11.0 Å². The number of hydrogen-bond donors (Lipinski definition) is 1. The van der Waals surface area contributed by atoms with Crippen molar-refractivity contribution in [1.29, 1.82) is 0 Å². The molecule has 0 aliphatic carbocycles. The van der Waals surface area contributed by atoms with Gasteiger partial charge in [-0.3, -0.25) is 19.7 Å². The number of rotatable bonds is 6. The van der Waals surface area contributed by atoms with Gasteiger partial charge in [-0.25, -0.2) is 4.90 Å². The van der Waals surface area contributed by atoms with Crippen LogP contribution in [0.5, 0.6) is 5.75 Å². The number of halogens is 1. The van der Waals surface area contributed by atoms with Crippen molar-refractivity contribution in [3.8, 4) is 5.75 Å². The molecule has 0 saturated heterocycles. The van der Waals surface area contributed by atoms with Crippen molar-refractivity contribution in [3.05, 3.63) is 69.4 Å². The quantitative estimate of drug-likeness (QED) is 0.463. The van der Waals surface area contributed by atoms with Gasteiger partial charge in [0.25, 0.3) is 17.5 Å². The van der Waals surface area contributed by atoms with Gasteiger partial charge in [-0.2, -0.15) is 0 Å². The molecule has 0 fully saturated rings. The van der Waals surface area contributed by atoms with E-state index >= 15 is 0 Å². The number of anilines is 2. The molecule has 1 heterocycles. The van der Waals surface area contributed by atoms with Crippen LogP contribution >= 0.6 is 11.6 Å². The highest BCUT2D eigenvalue weighted by atomic mass is 35.5. The standard InChI is InChI=1S/C18H14ClN3O5/c1-2-27-14-8-3-5-11(9-14)20-16-15(19)17(23)21(18(16)24)12-6-4-7-13(10-12)22(25)26/h3-10,20H,2H2,1H3. The predicted molar refractivity (Wildman–Crippen MR) is 99.7 cm³/mol. The SMILES string of the molecule is CCOc1cccc(NC2=C(Cl)C(=O)N(c3cccc([N+](=O)[O-])c3)C2=O)c1. The monoisotopic (exact) mass is 387 g/mol. The zero-order valence-electron chi connectivity index (χ0n) is 14.1. The number of carbonyl (C=O) groups excluding carboxylic acids is 2. The molecular weight excluding hydrogens is 374 g/mol. The van der Waals surface area contributed by atoms with Crippen LogP contribution in [0.4, 0.5) is 17.1 Å². The van der Waals surface area contributed by atoms with Crippen LogP contribution in [0.2, 0.25) is 0 Å². The number of nitro benzene ring substituents is 1. The molecule has 0 atom stereocenters. The van der Waals surface area contributed by atoms with Crippen LogP contribution in [0.3, 0.4) is 0 Å². The van der Waals surface area contributed by atoms with Gasteiger partial charge in [0.05, 0.1) is 17.2 Å². The van der Waals surface area contributed by atoms with Crippen molar-refractivity contribution in [2.45, 2.75) is 6.92 Å². The third-order valence-corrected chi connectivity index (χ3v) is 4.09. The molecule has 1 N–H and O–H groups in total. The number of hydrogen-bond acceptors (Lipinski definition) is 6. The number of benzene rings is 2. The number of nitrogens with zero attached hydrogens (tertiary/aromatic N) is 2. The highest BCUT2D eigenvalue weighted by Crippen LogP contribution is 2.32. The molecule has 1 aliphatic heterocycles. The lowest BCUT2D eigenvalue weighted by Gasteiger charge is -2.15. The fraction of sp³-hybridized carbons (Fsp3) is 0.111. The van der Waals surface area contributed by atoms with E-state index in [4.69, 9.17) is 16.3 Å². The lowest BCUT2D eigenvalue weighted by molar-refractivity contribution is -0.384. The van der Waals surface area contributed by atoms with Gasteiger partial charge < -0.3 is 10.1 Å². The summed E-state index contributed by atoms with van der Waals surface area (Å²) in [7, 11) is 0. The van der Waals surface area contributed by atoms with E-state index in [1.807, 2.05) is 6.92 Å². The van der Waals surface area contributed by atoms with Crippen LogP contribution < -0.4 is 15.0 Å². The number of nitrogens with one attached hydrogen (secondary N) is 1. The molecule has 0 bridgehead atoms. The number of non-ortho nitro benzene ring substituents is 1. The van der Waals surface area contributed by atoms with Gasteiger partial charge >= 0.3 is 0 Å². The molecule has 0 saturated carbocycles. The Balaban J connectivity index is 1.89. The maximum atomic E-state index is 12.7. The van der Waals surface area contributed by atoms with Gasteiger partial charge in [0, 0.05) is 23.9 Å². The minimum Gasteiger partial charge on any atom is -0.494 e. The van der Waals surface area contributed by atoms with E-state index in [0.29, 0.717) is 18.0 Å². The molecule has 1 aliphatic rings. The molecule has 0 radical (unpaired) electrons. The smallest absolute Gasteiger partial charge is 0.283 e. The predicted octanol–water partition coefficient (Wildman–Crippen LogP) is 3.43. The van der Waals surface area contributed by atoms with Crippen LogP contribution in [-0.2, 0) is 9.59 Å². The Labute approximate surface area is 159 Å². The Morgan fingerprint density at radius 1 is 1.15 bits per heavy atom. The Morgan fingerprint density at radius 2 is 1.89 bits per heavy atom. The first kappa shape index (κ1) is 18.4. The average molecular weight is 388 g/mol. The minimum absolute atomic E-state index is 0.0669. The number of amides is 2. The zero-order chi connectivity index (χ0) is 19.6. The van der Waals surface area contributed by atoms with Gasteiger partial charge in [-0.15, -0.1) is 0 Å². The molecule has 2 amide bonds. The van der Waals surface area contributed by atoms with Crippen molar-refractivity contribution in [2.24, 2.45) is 0 Å². The second-order valence-electron chi connectivity index (χ2n) is 5.50. The Hall–Kier alpha value is -3.39. The first-order valence-electron chi connectivity index (χ1n) is 7.95. The number of ether oxygens (including phenoxy) is 1. The van der Waals surface area contributed by atoms with Crippen LogP contribution in [0.25, 0.3) is 0 Å². The van der Waals surface area contributed by atoms with Gasteiger partial charge in [-0.05, 0) is 25.1 Å². The van der Waals surface area contributed by atoms with Gasteiger partial charge in [0.15, 0.2) is 0 Å². The minimum atomic E-state index is -0.759. The second-order valence-corrected chi connectivity index (χ2v) is 5.88. The van der Waals surface area contributed by atoms with Crippen molar-refractivity contribution in [2.75, 3.05) is 16.8 Å². The summed E-state index contributed by atoms with van der Waals surface area (Å²) in [5.74, 6) is -0.871. The van der Waals surface area contributed by atoms with Gasteiger partial charge in [-0.1, -0.05) is 23.7 Å². The van der Waals surface area contributed by atoms with Crippen molar-refractivity contribution in [3.63, 3.8) is 0 Å². The fourth-order valence-corrected chi connectivity index (χ4v) is 2.78. The summed E-state index contributed by atoms with van der Waals surface area (Å²) in [6.07, 6.45) is 0. The second kappa shape index (κ2) is 7.46. The lowest BCUT2D eigenvalue weighted by Crippen LogP contribution is -2.32. The van der Waals surface area contributed by atoms with Crippen molar-refractivity contribution < 1.29 is 19.2 Å². The number of imide groups is 1. The molecule has 8 nitrogen and oxygen atoms in total. The first-order valence-corrected chi connectivity index (χ1v) is 8.33. The lowest BCUT2D eigenvalue weighted by atomic mass is 10.2. The zero-order valence-corrected chi connectivity index (χ0v) is 14.9. The molecule has 2 aromatic carbocycles. The van der Waals surface area contributed by atoms with E-state index < -0.39 is 16.7 Å². The molecule has 9 heteroatoms. The average Bonchev–Trinajstić information content (AvgIpc) is 2.86. The summed E-state index contributed by atoms with van der Waals surface area (Å²) in [6, 6.07) is 12.0. The molecule has 0 unspecified atom stereocenters. The topological polar surface area (TPSA) is 102 Å². The molecule has 3 rings (SSSR count). The molecule has 138 valence electrons. The van der Waals surface area contributed by atoms with E-state index in [-0.39, 0.29) is 22.1 Å². The van der Waals surface area contributed by atoms with E-state index in [1.165, 1.54) is 18.2 Å². The maximum Gasteiger partial charge on any atom is 0.283 e. The summed E-state index contributed by atoms with van der Waals surface area (Å²) in [5, 5.41) is 13.5. The highest BCUT2D eigenvalue weighted by molar-refractivity contribution is 6.53. The third kappa shape index (κ3) is 3.61. The third-order valence-electron chi connectivity index (χ3n) is 3.74. The van der Waals surface area contributed by atoms with E-state index in [1.54, 1.807) is 24.3 Å². The summed E-state index contributed by atoms with van der Waals surface area (Å²) < 4.78 is 5.40. The van der Waals surface area contributed by atoms with Gasteiger partial charge in [0.2, 0.25) is 0 Å². The molecule has 2 aromatic rings. The van der Waals surface area contributed by atoms with Crippen LogP contribution in [-0.4, -0.2) is 23.3 Å². The summed E-state index contributed by atoms with van der Waals surface area (Å²) in [5.41, 5.74) is 0.227. The summed E-state index contributed by atoms with van der Waals surface area (Å²) in [4.78, 5) is 36.3. The largest absolute Gasteiger partial charge is 0.494 e. The van der Waals surface area contributed by atoms with Gasteiger partial charge in [0.1, 0.15) is 16.5 Å². The summed E-state index contributed by atoms with van der Waals surface area (Å²) in [6.45, 7) is 2.32. The number of nitro groups is 1. The Kier molecular flexibility index (Phi) is 5.09. The van der Waals surface area contributed by atoms with Crippen LogP contribution in [0, 0.1) is 10.1 Å². The Bertz CT molecular complexity index is 973. The van der Waals surface area contributed by atoms with Crippen molar-refractivity contribution in [1.82, 2.24) is 0 Å². The fourth-order valence-electron chi connectivity index (χ4n) is 2.57.